The number of amides is 1. The molecular weight excluding hydrogens is 344 g/mol. The normalized spacial score (nSPS) is 19.0. The van der Waals surface area contributed by atoms with E-state index in [1.165, 1.54) is 0 Å². The van der Waals surface area contributed by atoms with Crippen molar-refractivity contribution in [1.82, 2.24) is 34.9 Å². The first kappa shape index (κ1) is 18.1. The van der Waals surface area contributed by atoms with Crippen molar-refractivity contribution in [2.75, 3.05) is 63.8 Å². The average molecular weight is 372 g/mol. The molecule has 0 saturated carbocycles. The van der Waals surface area contributed by atoms with Gasteiger partial charge in [0.05, 0.1) is 11.6 Å². The third-order valence-corrected chi connectivity index (χ3v) is 5.47. The fraction of sp³-hybridized carbons (Fsp3) is 0.667. The number of anilines is 1. The Bertz CT molecular complexity index is 805. The van der Waals surface area contributed by atoms with Crippen LogP contribution in [0.1, 0.15) is 12.2 Å². The van der Waals surface area contributed by atoms with Crippen molar-refractivity contribution in [3.63, 3.8) is 0 Å². The molecule has 4 rings (SSSR count). The topological polar surface area (TPSA) is 82.4 Å². The van der Waals surface area contributed by atoms with Crippen LogP contribution in [0.2, 0.25) is 0 Å². The van der Waals surface area contributed by atoms with E-state index in [4.69, 9.17) is 0 Å². The third-order valence-electron chi connectivity index (χ3n) is 5.47. The minimum atomic E-state index is 0.280. The Labute approximate surface area is 159 Å². The van der Waals surface area contributed by atoms with Crippen LogP contribution in [0, 0.1) is 6.92 Å². The first-order valence-corrected chi connectivity index (χ1v) is 9.74. The van der Waals surface area contributed by atoms with E-state index in [2.05, 4.69) is 30.2 Å². The number of carbonyl (C=O) groups is 1. The maximum atomic E-state index is 12.3. The van der Waals surface area contributed by atoms with Gasteiger partial charge in [-0.05, 0) is 6.92 Å². The second-order valence-electron chi connectivity index (χ2n) is 7.31. The van der Waals surface area contributed by atoms with E-state index < -0.39 is 0 Å². The molecule has 2 aromatic rings. The molecule has 0 radical (unpaired) electrons. The summed E-state index contributed by atoms with van der Waals surface area (Å²) in [7, 11) is 1.91. The molecule has 2 aliphatic heterocycles. The van der Waals surface area contributed by atoms with Crippen LogP contribution in [-0.2, 0) is 11.8 Å². The Morgan fingerprint density at radius 2 is 1.85 bits per heavy atom. The molecule has 27 heavy (non-hydrogen) atoms. The SMILES string of the molecule is Cc1nc(N2CCN(CCC(=O)N3CCNCC3)CC2)c2cnn(C)c2n1. The third kappa shape index (κ3) is 3.89. The van der Waals surface area contributed by atoms with Gasteiger partial charge in [-0.1, -0.05) is 0 Å². The van der Waals surface area contributed by atoms with Crippen LogP contribution in [0.5, 0.6) is 0 Å². The van der Waals surface area contributed by atoms with Gasteiger partial charge in [0.15, 0.2) is 5.65 Å². The lowest BCUT2D eigenvalue weighted by Gasteiger charge is -2.36. The molecule has 0 aromatic carbocycles. The maximum absolute atomic E-state index is 12.3. The van der Waals surface area contributed by atoms with Crippen LogP contribution < -0.4 is 10.2 Å². The monoisotopic (exact) mass is 372 g/mol. The molecule has 0 bridgehead atoms. The van der Waals surface area contributed by atoms with Gasteiger partial charge in [0.2, 0.25) is 5.91 Å². The van der Waals surface area contributed by atoms with E-state index >= 15 is 0 Å². The number of carbonyl (C=O) groups excluding carboxylic acids is 1. The molecule has 146 valence electrons. The van der Waals surface area contributed by atoms with Gasteiger partial charge in [-0.3, -0.25) is 14.4 Å². The summed E-state index contributed by atoms with van der Waals surface area (Å²) < 4.78 is 1.80. The highest BCUT2D eigenvalue weighted by molar-refractivity contribution is 5.87. The van der Waals surface area contributed by atoms with Crippen LogP contribution in [0.3, 0.4) is 0 Å². The van der Waals surface area contributed by atoms with Crippen molar-refractivity contribution in [2.45, 2.75) is 13.3 Å². The first-order valence-electron chi connectivity index (χ1n) is 9.74. The summed E-state index contributed by atoms with van der Waals surface area (Å²) in [5.74, 6) is 2.02. The number of aryl methyl sites for hydroxylation is 2. The van der Waals surface area contributed by atoms with Gasteiger partial charge < -0.3 is 15.1 Å². The van der Waals surface area contributed by atoms with Gasteiger partial charge in [0.25, 0.3) is 0 Å². The molecule has 0 atom stereocenters. The first-order chi connectivity index (χ1) is 13.1. The van der Waals surface area contributed by atoms with Crippen molar-refractivity contribution in [3.8, 4) is 0 Å². The molecule has 0 spiro atoms. The van der Waals surface area contributed by atoms with E-state index in [-0.39, 0.29) is 5.91 Å². The zero-order valence-corrected chi connectivity index (χ0v) is 16.2. The van der Waals surface area contributed by atoms with Gasteiger partial charge >= 0.3 is 0 Å². The standard InChI is InChI=1S/C18H28N8O/c1-14-21-17-15(13-20-23(17)2)18(22-14)26-11-9-24(10-12-26)6-3-16(27)25-7-4-19-5-8-25/h13,19H,3-12H2,1-2H3. The molecule has 0 aliphatic carbocycles. The zero-order valence-electron chi connectivity index (χ0n) is 16.2. The maximum Gasteiger partial charge on any atom is 0.223 e. The Balaban J connectivity index is 1.33. The van der Waals surface area contributed by atoms with Crippen LogP contribution in [0.25, 0.3) is 11.0 Å². The highest BCUT2D eigenvalue weighted by atomic mass is 16.2. The molecular formula is C18H28N8O. The van der Waals surface area contributed by atoms with E-state index in [0.29, 0.717) is 6.42 Å². The molecule has 1 N–H and O–H groups in total. The van der Waals surface area contributed by atoms with E-state index in [0.717, 1.165) is 81.6 Å². The van der Waals surface area contributed by atoms with Gasteiger partial charge in [-0.25, -0.2) is 9.97 Å². The molecule has 2 saturated heterocycles. The molecule has 2 aromatic heterocycles. The number of rotatable bonds is 4. The number of aromatic nitrogens is 4. The predicted molar refractivity (Wildman–Crippen MR) is 104 cm³/mol. The number of nitrogens with one attached hydrogen (secondary N) is 1. The van der Waals surface area contributed by atoms with Crippen molar-refractivity contribution in [2.24, 2.45) is 7.05 Å². The van der Waals surface area contributed by atoms with Crippen LogP contribution in [-0.4, -0.2) is 94.4 Å². The smallest absolute Gasteiger partial charge is 0.223 e. The fourth-order valence-corrected chi connectivity index (χ4v) is 3.86. The number of fused-ring (bicyclic) bond motifs is 1. The Morgan fingerprint density at radius 3 is 2.59 bits per heavy atom. The highest BCUT2D eigenvalue weighted by Crippen LogP contribution is 2.24. The summed E-state index contributed by atoms with van der Waals surface area (Å²) in [6.45, 7) is 9.94. The predicted octanol–water partition coefficient (Wildman–Crippen LogP) is -0.384. The molecule has 9 nitrogen and oxygen atoms in total. The van der Waals surface area contributed by atoms with Gasteiger partial charge in [-0.15, -0.1) is 0 Å². The number of hydrogen-bond donors (Lipinski definition) is 1. The van der Waals surface area contributed by atoms with E-state index in [1.807, 2.05) is 25.1 Å². The molecule has 2 fully saturated rings. The van der Waals surface area contributed by atoms with Crippen LogP contribution >= 0.6 is 0 Å². The molecule has 0 unspecified atom stereocenters. The zero-order chi connectivity index (χ0) is 18.8. The minimum Gasteiger partial charge on any atom is -0.353 e. The van der Waals surface area contributed by atoms with Gasteiger partial charge in [-0.2, -0.15) is 5.10 Å². The molecule has 9 heteroatoms. The minimum absolute atomic E-state index is 0.280. The van der Waals surface area contributed by atoms with E-state index in [9.17, 15) is 4.79 Å². The van der Waals surface area contributed by atoms with Crippen molar-refractivity contribution < 1.29 is 4.79 Å². The lowest BCUT2D eigenvalue weighted by molar-refractivity contribution is -0.132. The van der Waals surface area contributed by atoms with Gasteiger partial charge in [0.1, 0.15) is 11.6 Å². The largest absolute Gasteiger partial charge is 0.353 e. The molecule has 4 heterocycles. The summed E-state index contributed by atoms with van der Waals surface area (Å²) in [5.41, 5.74) is 0.876. The van der Waals surface area contributed by atoms with E-state index in [1.54, 1.807) is 4.68 Å². The van der Waals surface area contributed by atoms with Crippen LogP contribution in [0.4, 0.5) is 5.82 Å². The second kappa shape index (κ2) is 7.77. The lowest BCUT2D eigenvalue weighted by atomic mass is 10.2. The summed E-state index contributed by atoms with van der Waals surface area (Å²) in [5, 5.41) is 8.62. The van der Waals surface area contributed by atoms with Crippen molar-refractivity contribution >= 4 is 22.8 Å². The Hall–Kier alpha value is -2.26. The van der Waals surface area contributed by atoms with Crippen molar-refractivity contribution in [3.05, 3.63) is 12.0 Å². The number of hydrogen-bond acceptors (Lipinski definition) is 7. The van der Waals surface area contributed by atoms with Gasteiger partial charge in [0, 0.05) is 72.4 Å². The Morgan fingerprint density at radius 1 is 1.11 bits per heavy atom. The summed E-state index contributed by atoms with van der Waals surface area (Å²) in [6, 6.07) is 0. The van der Waals surface area contributed by atoms with Crippen LogP contribution in [0.15, 0.2) is 6.20 Å². The lowest BCUT2D eigenvalue weighted by Crippen LogP contribution is -2.49. The quantitative estimate of drug-likeness (QED) is 0.783. The molecule has 2 aliphatic rings. The Kier molecular flexibility index (Phi) is 5.22. The highest BCUT2D eigenvalue weighted by Gasteiger charge is 2.23. The number of piperazine rings is 2. The summed E-state index contributed by atoms with van der Waals surface area (Å²) >= 11 is 0. The summed E-state index contributed by atoms with van der Waals surface area (Å²) in [4.78, 5) is 28.2. The fourth-order valence-electron chi connectivity index (χ4n) is 3.86. The summed E-state index contributed by atoms with van der Waals surface area (Å²) in [6.07, 6.45) is 2.46. The number of nitrogens with zero attached hydrogens (tertiary/aromatic N) is 7. The average Bonchev–Trinajstić information content (AvgIpc) is 3.07. The molecule has 1 amide bonds. The van der Waals surface area contributed by atoms with Crippen molar-refractivity contribution in [1.29, 1.82) is 0 Å². The second-order valence-corrected chi connectivity index (χ2v) is 7.31.